The third-order valence-electron chi connectivity index (χ3n) is 2.90. The summed E-state index contributed by atoms with van der Waals surface area (Å²) >= 11 is 0. The van der Waals surface area contributed by atoms with Crippen molar-refractivity contribution in [1.29, 1.82) is 0 Å². The molecule has 0 saturated heterocycles. The van der Waals surface area contributed by atoms with Gasteiger partial charge in [-0.25, -0.2) is 17.5 Å². The lowest BCUT2D eigenvalue weighted by molar-refractivity contribution is -0.140. The van der Waals surface area contributed by atoms with Gasteiger partial charge in [-0.3, -0.25) is 0 Å². The van der Waals surface area contributed by atoms with Gasteiger partial charge in [-0.1, -0.05) is 13.8 Å². The van der Waals surface area contributed by atoms with E-state index in [0.29, 0.717) is 18.6 Å². The Labute approximate surface area is 126 Å². The number of nitrogens with one attached hydrogen (secondary N) is 1. The predicted octanol–water partition coefficient (Wildman–Crippen LogP) is 2.50. The predicted molar refractivity (Wildman–Crippen MR) is 74.0 cm³/mol. The molecule has 22 heavy (non-hydrogen) atoms. The summed E-state index contributed by atoms with van der Waals surface area (Å²) in [5, 5.41) is 0. The fourth-order valence-corrected chi connectivity index (χ4v) is 3.47. The second-order valence-corrected chi connectivity index (χ2v) is 7.00. The van der Waals surface area contributed by atoms with E-state index in [9.17, 15) is 26.0 Å². The van der Waals surface area contributed by atoms with E-state index in [1.54, 1.807) is 0 Å². The summed E-state index contributed by atoms with van der Waals surface area (Å²) in [4.78, 5) is -1.01. The van der Waals surface area contributed by atoms with Crippen molar-refractivity contribution in [3.05, 3.63) is 29.6 Å². The molecular weight excluding hydrogens is 324 g/mol. The molecule has 0 bridgehead atoms. The Hall–Kier alpha value is -1.19. The summed E-state index contributed by atoms with van der Waals surface area (Å²) in [5.41, 5.74) is 3.90. The van der Waals surface area contributed by atoms with Gasteiger partial charge in [0.15, 0.2) is 0 Å². The molecule has 0 spiro atoms. The van der Waals surface area contributed by atoms with Gasteiger partial charge in [0.05, 0.1) is 10.5 Å². The molecule has 9 heteroatoms. The maximum absolute atomic E-state index is 13.0. The smallest absolute Gasteiger partial charge is 0.329 e. The highest BCUT2D eigenvalue weighted by atomic mass is 32.2. The highest BCUT2D eigenvalue weighted by Gasteiger charge is 2.38. The molecule has 0 radical (unpaired) electrons. The molecule has 1 atom stereocenters. The molecule has 0 aliphatic rings. The summed E-state index contributed by atoms with van der Waals surface area (Å²) in [6, 6.07) is 0.734. The van der Waals surface area contributed by atoms with Crippen LogP contribution in [0.1, 0.15) is 25.8 Å². The van der Waals surface area contributed by atoms with Crippen molar-refractivity contribution < 1.29 is 26.0 Å². The minimum absolute atomic E-state index is 0.0556. The third-order valence-corrected chi connectivity index (χ3v) is 4.48. The Morgan fingerprint density at radius 1 is 1.27 bits per heavy atom. The SMILES string of the molecule is CC(C)CC(CN)NS(=O)(=O)c1ccc(F)cc1C(F)(F)F. The molecule has 0 aliphatic carbocycles. The topological polar surface area (TPSA) is 72.2 Å². The summed E-state index contributed by atoms with van der Waals surface area (Å²) in [5.74, 6) is -1.06. The average Bonchev–Trinajstić information content (AvgIpc) is 2.35. The van der Waals surface area contributed by atoms with Crippen LogP contribution in [0.25, 0.3) is 0 Å². The van der Waals surface area contributed by atoms with Crippen molar-refractivity contribution in [2.45, 2.75) is 37.4 Å². The average molecular weight is 342 g/mol. The zero-order chi connectivity index (χ0) is 17.1. The number of halogens is 4. The van der Waals surface area contributed by atoms with Crippen molar-refractivity contribution in [2.24, 2.45) is 11.7 Å². The van der Waals surface area contributed by atoms with Gasteiger partial charge < -0.3 is 5.73 Å². The lowest BCUT2D eigenvalue weighted by Crippen LogP contribution is -2.41. The standard InChI is InChI=1S/C13H18F4N2O2S/c1-8(2)5-10(7-18)19-22(20,21)12-4-3-9(14)6-11(12)13(15,16)17/h3-4,6,8,10,19H,5,7,18H2,1-2H3. The Kier molecular flexibility index (Phi) is 5.94. The van der Waals surface area contributed by atoms with Crippen molar-refractivity contribution in [3.63, 3.8) is 0 Å². The van der Waals surface area contributed by atoms with Crippen molar-refractivity contribution in [2.75, 3.05) is 6.54 Å². The first-order chi connectivity index (χ1) is 9.97. The van der Waals surface area contributed by atoms with Crippen LogP contribution in [-0.2, 0) is 16.2 Å². The van der Waals surface area contributed by atoms with E-state index in [0.717, 1.165) is 0 Å². The first kappa shape index (κ1) is 18.9. The van der Waals surface area contributed by atoms with E-state index >= 15 is 0 Å². The molecule has 0 aliphatic heterocycles. The second-order valence-electron chi connectivity index (χ2n) is 5.32. The highest BCUT2D eigenvalue weighted by Crippen LogP contribution is 2.34. The molecule has 0 fully saturated rings. The molecule has 0 amide bonds. The number of sulfonamides is 1. The summed E-state index contributed by atoms with van der Waals surface area (Å²) in [6.45, 7) is 3.60. The molecule has 0 aromatic heterocycles. The van der Waals surface area contributed by atoms with Gasteiger partial charge in [-0.2, -0.15) is 13.2 Å². The van der Waals surface area contributed by atoms with Crippen LogP contribution >= 0.6 is 0 Å². The normalized spacial score (nSPS) is 14.4. The third kappa shape index (κ3) is 4.92. The van der Waals surface area contributed by atoms with E-state index in [1.807, 2.05) is 13.8 Å². The molecule has 1 rings (SSSR count). The van der Waals surface area contributed by atoms with Gasteiger partial charge in [-0.15, -0.1) is 0 Å². The van der Waals surface area contributed by atoms with Gasteiger partial charge >= 0.3 is 6.18 Å². The van der Waals surface area contributed by atoms with Gasteiger partial charge in [0.25, 0.3) is 0 Å². The Morgan fingerprint density at radius 3 is 2.32 bits per heavy atom. The Bertz CT molecular complexity index is 615. The van der Waals surface area contributed by atoms with Crippen LogP contribution in [-0.4, -0.2) is 21.0 Å². The maximum atomic E-state index is 13.0. The van der Waals surface area contributed by atoms with E-state index < -0.39 is 38.5 Å². The van der Waals surface area contributed by atoms with Crippen LogP contribution in [0.4, 0.5) is 17.6 Å². The molecule has 1 aromatic rings. The van der Waals surface area contributed by atoms with E-state index in [-0.39, 0.29) is 18.5 Å². The number of alkyl halides is 3. The number of nitrogens with two attached hydrogens (primary N) is 1. The van der Waals surface area contributed by atoms with Gasteiger partial charge in [0.1, 0.15) is 5.82 Å². The van der Waals surface area contributed by atoms with Gasteiger partial charge in [-0.05, 0) is 30.5 Å². The summed E-state index contributed by atoms with van der Waals surface area (Å²) in [6.07, 6.45) is -4.61. The van der Waals surface area contributed by atoms with Crippen molar-refractivity contribution >= 4 is 10.0 Å². The van der Waals surface area contributed by atoms with Crippen LogP contribution in [0.2, 0.25) is 0 Å². The fraction of sp³-hybridized carbons (Fsp3) is 0.538. The first-order valence-corrected chi connectivity index (χ1v) is 8.05. The Morgan fingerprint density at radius 2 is 1.86 bits per heavy atom. The van der Waals surface area contributed by atoms with Crippen LogP contribution in [0.5, 0.6) is 0 Å². The fourth-order valence-electron chi connectivity index (χ4n) is 2.00. The summed E-state index contributed by atoms with van der Waals surface area (Å²) in [7, 11) is -4.46. The number of hydrogen-bond acceptors (Lipinski definition) is 3. The molecule has 1 aromatic carbocycles. The van der Waals surface area contributed by atoms with E-state index in [1.165, 1.54) is 0 Å². The lowest BCUT2D eigenvalue weighted by Gasteiger charge is -2.20. The molecule has 0 saturated carbocycles. The minimum Gasteiger partial charge on any atom is -0.329 e. The van der Waals surface area contributed by atoms with Crippen LogP contribution in [0.15, 0.2) is 23.1 Å². The largest absolute Gasteiger partial charge is 0.417 e. The van der Waals surface area contributed by atoms with Crippen LogP contribution in [0.3, 0.4) is 0 Å². The number of benzene rings is 1. The quantitative estimate of drug-likeness (QED) is 0.780. The zero-order valence-electron chi connectivity index (χ0n) is 12.1. The first-order valence-electron chi connectivity index (χ1n) is 6.56. The van der Waals surface area contributed by atoms with Gasteiger partial charge in [0.2, 0.25) is 10.0 Å². The second kappa shape index (κ2) is 6.93. The molecule has 1 unspecified atom stereocenters. The summed E-state index contributed by atoms with van der Waals surface area (Å²) < 4.78 is 78.2. The van der Waals surface area contributed by atoms with E-state index in [2.05, 4.69) is 4.72 Å². The molecular formula is C13H18F4N2O2S. The highest BCUT2D eigenvalue weighted by molar-refractivity contribution is 7.89. The molecule has 4 nitrogen and oxygen atoms in total. The van der Waals surface area contributed by atoms with Crippen LogP contribution < -0.4 is 10.5 Å². The van der Waals surface area contributed by atoms with E-state index in [4.69, 9.17) is 5.73 Å². The minimum atomic E-state index is -4.98. The lowest BCUT2D eigenvalue weighted by atomic mass is 10.1. The molecule has 3 N–H and O–H groups in total. The van der Waals surface area contributed by atoms with Crippen molar-refractivity contribution in [3.8, 4) is 0 Å². The maximum Gasteiger partial charge on any atom is 0.417 e. The molecule has 126 valence electrons. The Balaban J connectivity index is 3.23. The number of hydrogen-bond donors (Lipinski definition) is 2. The van der Waals surface area contributed by atoms with Crippen LogP contribution in [0, 0.1) is 11.7 Å². The number of rotatable bonds is 6. The van der Waals surface area contributed by atoms with Gasteiger partial charge in [0, 0.05) is 12.6 Å². The zero-order valence-corrected chi connectivity index (χ0v) is 12.9. The monoisotopic (exact) mass is 342 g/mol. The van der Waals surface area contributed by atoms with Crippen molar-refractivity contribution in [1.82, 2.24) is 4.72 Å². The molecule has 0 heterocycles.